The average Bonchev–Trinajstić information content (AvgIpc) is 3.33. The summed E-state index contributed by atoms with van der Waals surface area (Å²) in [5.41, 5.74) is 1.65. The van der Waals surface area contributed by atoms with Crippen LogP contribution in [0.3, 0.4) is 0 Å². The summed E-state index contributed by atoms with van der Waals surface area (Å²) in [5.74, 6) is 1.36. The van der Waals surface area contributed by atoms with Gasteiger partial charge in [-0.1, -0.05) is 0 Å². The maximum atomic E-state index is 13.2. The van der Waals surface area contributed by atoms with Gasteiger partial charge < -0.3 is 19.1 Å². The predicted octanol–water partition coefficient (Wildman–Crippen LogP) is 3.58. The van der Waals surface area contributed by atoms with Gasteiger partial charge in [0, 0.05) is 12.6 Å². The molecule has 0 atom stereocenters. The maximum Gasteiger partial charge on any atom is 0.258 e. The molecule has 1 aromatic carbocycles. The lowest BCUT2D eigenvalue weighted by Gasteiger charge is -2.24. The third kappa shape index (κ3) is 3.19. The van der Waals surface area contributed by atoms with Crippen LogP contribution in [-0.4, -0.2) is 38.2 Å². The minimum absolute atomic E-state index is 0.0403. The molecule has 128 valence electrons. The van der Waals surface area contributed by atoms with Crippen LogP contribution in [0.25, 0.3) is 0 Å². The van der Waals surface area contributed by atoms with E-state index < -0.39 is 0 Å². The van der Waals surface area contributed by atoms with Crippen molar-refractivity contribution in [3.05, 3.63) is 40.1 Å². The molecule has 2 aromatic rings. The molecule has 1 fully saturated rings. The molecule has 5 nitrogen and oxygen atoms in total. The van der Waals surface area contributed by atoms with E-state index in [1.165, 1.54) is 7.11 Å². The molecule has 0 bridgehead atoms. The number of hydrogen-bond acceptors (Lipinski definition) is 5. The van der Waals surface area contributed by atoms with E-state index in [9.17, 15) is 4.79 Å². The fourth-order valence-electron chi connectivity index (χ4n) is 2.76. The van der Waals surface area contributed by atoms with Crippen LogP contribution in [0.2, 0.25) is 0 Å². The van der Waals surface area contributed by atoms with Crippen LogP contribution in [-0.2, 0) is 6.54 Å². The van der Waals surface area contributed by atoms with Gasteiger partial charge in [0.15, 0.2) is 11.5 Å². The Labute approximate surface area is 145 Å². The van der Waals surface area contributed by atoms with Gasteiger partial charge in [-0.2, -0.15) is 11.3 Å². The molecule has 1 aromatic heterocycles. The van der Waals surface area contributed by atoms with Gasteiger partial charge in [-0.15, -0.1) is 0 Å². The van der Waals surface area contributed by atoms with Gasteiger partial charge >= 0.3 is 0 Å². The fraction of sp³-hybridized carbons (Fsp3) is 0.389. The van der Waals surface area contributed by atoms with Gasteiger partial charge in [-0.25, -0.2) is 0 Å². The van der Waals surface area contributed by atoms with Crippen molar-refractivity contribution >= 4 is 17.2 Å². The molecule has 0 saturated heterocycles. The number of thiophene rings is 1. The Morgan fingerprint density at radius 2 is 1.88 bits per heavy atom. The quantitative estimate of drug-likeness (QED) is 0.768. The highest BCUT2D eigenvalue weighted by Gasteiger charge is 2.35. The van der Waals surface area contributed by atoms with Crippen LogP contribution < -0.4 is 14.2 Å². The largest absolute Gasteiger partial charge is 0.493 e. The Bertz CT molecular complexity index is 710. The number of ether oxygens (including phenoxy) is 3. The van der Waals surface area contributed by atoms with Gasteiger partial charge in [0.1, 0.15) is 0 Å². The van der Waals surface area contributed by atoms with Gasteiger partial charge in [0.25, 0.3) is 5.91 Å². The summed E-state index contributed by atoms with van der Waals surface area (Å²) < 4.78 is 16.1. The monoisotopic (exact) mass is 347 g/mol. The molecule has 6 heteroatoms. The lowest BCUT2D eigenvalue weighted by molar-refractivity contribution is 0.0726. The molecule has 0 spiro atoms. The van der Waals surface area contributed by atoms with Crippen LogP contribution in [0, 0.1) is 0 Å². The van der Waals surface area contributed by atoms with Crippen molar-refractivity contribution in [2.24, 2.45) is 0 Å². The third-order valence-corrected chi connectivity index (χ3v) is 4.85. The molecule has 1 saturated carbocycles. The highest BCUT2D eigenvalue weighted by molar-refractivity contribution is 7.07. The highest BCUT2D eigenvalue weighted by Crippen LogP contribution is 2.41. The normalized spacial score (nSPS) is 13.5. The van der Waals surface area contributed by atoms with E-state index in [4.69, 9.17) is 14.2 Å². The minimum Gasteiger partial charge on any atom is -0.493 e. The van der Waals surface area contributed by atoms with Crippen LogP contribution in [0.15, 0.2) is 29.0 Å². The zero-order chi connectivity index (χ0) is 17.1. The van der Waals surface area contributed by atoms with Crippen molar-refractivity contribution in [2.45, 2.75) is 25.4 Å². The standard InChI is InChI=1S/C18H21NO4S/c1-21-15-7-6-14(16(22-2)17(15)23-3)18(20)19(13-4-5-13)10-12-8-9-24-11-12/h6-9,11,13H,4-5,10H2,1-3H3. The molecule has 3 rings (SSSR count). The summed E-state index contributed by atoms with van der Waals surface area (Å²) in [6, 6.07) is 5.84. The topological polar surface area (TPSA) is 48.0 Å². The van der Waals surface area contributed by atoms with E-state index in [2.05, 4.69) is 11.4 Å². The smallest absolute Gasteiger partial charge is 0.258 e. The molecule has 0 aliphatic heterocycles. The molecular formula is C18H21NO4S. The summed E-state index contributed by atoms with van der Waals surface area (Å²) in [7, 11) is 4.64. The average molecular weight is 347 g/mol. The number of carbonyl (C=O) groups excluding carboxylic acids is 1. The summed E-state index contributed by atoms with van der Waals surface area (Å²) >= 11 is 1.64. The van der Waals surface area contributed by atoms with Gasteiger partial charge in [-0.05, 0) is 47.4 Å². The molecule has 24 heavy (non-hydrogen) atoms. The first-order valence-electron chi connectivity index (χ1n) is 7.80. The second kappa shape index (κ2) is 7.13. The van der Waals surface area contributed by atoms with Crippen molar-refractivity contribution in [1.82, 2.24) is 4.90 Å². The number of amides is 1. The Kier molecular flexibility index (Phi) is 4.94. The fourth-order valence-corrected chi connectivity index (χ4v) is 3.42. The van der Waals surface area contributed by atoms with Crippen LogP contribution in [0.5, 0.6) is 17.2 Å². The molecule has 0 N–H and O–H groups in total. The lowest BCUT2D eigenvalue weighted by atomic mass is 10.1. The summed E-state index contributed by atoms with van der Waals surface area (Å²) in [6.45, 7) is 0.616. The molecular weight excluding hydrogens is 326 g/mol. The number of rotatable bonds is 7. The van der Waals surface area contributed by atoms with E-state index in [0.29, 0.717) is 35.4 Å². The van der Waals surface area contributed by atoms with E-state index in [1.54, 1.807) is 37.7 Å². The first-order valence-corrected chi connectivity index (χ1v) is 8.74. The minimum atomic E-state index is -0.0403. The number of methoxy groups -OCH3 is 3. The number of nitrogens with zero attached hydrogens (tertiary/aromatic N) is 1. The summed E-state index contributed by atoms with van der Waals surface area (Å²) in [4.78, 5) is 15.1. The lowest BCUT2D eigenvalue weighted by Crippen LogP contribution is -2.32. The number of carbonyl (C=O) groups is 1. The zero-order valence-corrected chi connectivity index (χ0v) is 14.9. The number of hydrogen-bond donors (Lipinski definition) is 0. The van der Waals surface area contributed by atoms with Crippen molar-refractivity contribution in [3.8, 4) is 17.2 Å². The Balaban J connectivity index is 1.95. The first kappa shape index (κ1) is 16.6. The highest BCUT2D eigenvalue weighted by atomic mass is 32.1. The predicted molar refractivity (Wildman–Crippen MR) is 93.3 cm³/mol. The summed E-state index contributed by atoms with van der Waals surface area (Å²) in [6.07, 6.45) is 2.09. The van der Waals surface area contributed by atoms with Crippen molar-refractivity contribution in [2.75, 3.05) is 21.3 Å². The molecule has 1 amide bonds. The molecule has 0 unspecified atom stereocenters. The first-order chi connectivity index (χ1) is 11.7. The van der Waals surface area contributed by atoms with E-state index in [-0.39, 0.29) is 5.91 Å². The van der Waals surface area contributed by atoms with E-state index >= 15 is 0 Å². The Hall–Kier alpha value is -2.21. The third-order valence-electron chi connectivity index (χ3n) is 4.12. The molecule has 0 radical (unpaired) electrons. The zero-order valence-electron chi connectivity index (χ0n) is 14.1. The van der Waals surface area contributed by atoms with Crippen molar-refractivity contribution in [3.63, 3.8) is 0 Å². The van der Waals surface area contributed by atoms with Crippen LogP contribution in [0.1, 0.15) is 28.8 Å². The van der Waals surface area contributed by atoms with Crippen molar-refractivity contribution in [1.29, 1.82) is 0 Å². The van der Waals surface area contributed by atoms with Gasteiger partial charge in [0.05, 0.1) is 26.9 Å². The van der Waals surface area contributed by atoms with E-state index in [0.717, 1.165) is 18.4 Å². The summed E-state index contributed by atoms with van der Waals surface area (Å²) in [5, 5.41) is 4.11. The van der Waals surface area contributed by atoms with E-state index in [1.807, 2.05) is 10.3 Å². The second-order valence-electron chi connectivity index (χ2n) is 5.68. The maximum absolute atomic E-state index is 13.2. The Morgan fingerprint density at radius 1 is 1.12 bits per heavy atom. The number of benzene rings is 1. The SMILES string of the molecule is COc1ccc(C(=O)N(Cc2ccsc2)C2CC2)c(OC)c1OC. The van der Waals surface area contributed by atoms with Gasteiger partial charge in [-0.3, -0.25) is 4.79 Å². The molecule has 1 heterocycles. The van der Waals surface area contributed by atoms with Crippen molar-refractivity contribution < 1.29 is 19.0 Å². The van der Waals surface area contributed by atoms with Crippen LogP contribution in [0.4, 0.5) is 0 Å². The Morgan fingerprint density at radius 3 is 2.42 bits per heavy atom. The molecule has 1 aliphatic rings. The van der Waals surface area contributed by atoms with Gasteiger partial charge in [0.2, 0.25) is 5.75 Å². The second-order valence-corrected chi connectivity index (χ2v) is 6.46. The van der Waals surface area contributed by atoms with Crippen LogP contribution >= 0.6 is 11.3 Å². The molecule has 1 aliphatic carbocycles.